The number of ether oxygens (including phenoxy) is 2. The third-order valence-electron chi connectivity index (χ3n) is 6.17. The smallest absolute Gasteiger partial charge is 0.334 e. The van der Waals surface area contributed by atoms with Crippen LogP contribution in [0, 0.1) is 6.92 Å². The zero-order valence-electron chi connectivity index (χ0n) is 19.3. The van der Waals surface area contributed by atoms with E-state index in [0.29, 0.717) is 17.6 Å². The molecule has 0 radical (unpaired) electrons. The largest absolute Gasteiger partial charge is 0.411 e. The van der Waals surface area contributed by atoms with E-state index in [9.17, 15) is 14.4 Å². The highest BCUT2D eigenvalue weighted by Crippen LogP contribution is 2.32. The van der Waals surface area contributed by atoms with Crippen LogP contribution >= 0.6 is 0 Å². The van der Waals surface area contributed by atoms with Gasteiger partial charge in [-0.25, -0.2) is 14.6 Å². The van der Waals surface area contributed by atoms with Crippen molar-refractivity contribution in [3.8, 4) is 0 Å². The summed E-state index contributed by atoms with van der Waals surface area (Å²) in [4.78, 5) is 43.3. The molecule has 8 nitrogen and oxygen atoms in total. The first-order chi connectivity index (χ1) is 16.9. The summed E-state index contributed by atoms with van der Waals surface area (Å²) in [6.07, 6.45) is 5.01. The number of hydrogen-bond acceptors (Lipinski definition) is 6. The van der Waals surface area contributed by atoms with Crippen molar-refractivity contribution in [2.24, 2.45) is 7.05 Å². The summed E-state index contributed by atoms with van der Waals surface area (Å²) >= 11 is 0. The normalized spacial score (nSPS) is 15.0. The Morgan fingerprint density at radius 2 is 1.63 bits per heavy atom. The van der Waals surface area contributed by atoms with Gasteiger partial charge in [0, 0.05) is 48.5 Å². The number of esters is 2. The van der Waals surface area contributed by atoms with Crippen LogP contribution in [0.1, 0.15) is 27.3 Å². The van der Waals surface area contributed by atoms with Crippen molar-refractivity contribution in [3.05, 3.63) is 102 Å². The Hall–Kier alpha value is -4.46. The maximum Gasteiger partial charge on any atom is 0.334 e. The number of aryl methyl sites for hydroxylation is 1. The summed E-state index contributed by atoms with van der Waals surface area (Å²) in [5.41, 5.74) is 3.43. The van der Waals surface area contributed by atoms with Crippen LogP contribution in [0.4, 0.5) is 0 Å². The van der Waals surface area contributed by atoms with Crippen LogP contribution in [0.3, 0.4) is 0 Å². The number of cyclic esters (lactones) is 2. The van der Waals surface area contributed by atoms with Gasteiger partial charge in [-0.15, -0.1) is 0 Å². The molecular weight excluding hydrogens is 446 g/mol. The van der Waals surface area contributed by atoms with E-state index >= 15 is 0 Å². The van der Waals surface area contributed by atoms with Crippen molar-refractivity contribution < 1.29 is 23.9 Å². The molecule has 0 saturated heterocycles. The summed E-state index contributed by atoms with van der Waals surface area (Å²) in [5.74, 6) is -4.51. The van der Waals surface area contributed by atoms with E-state index in [1.54, 1.807) is 23.2 Å². The van der Waals surface area contributed by atoms with Gasteiger partial charge in [0.2, 0.25) is 5.78 Å². The van der Waals surface area contributed by atoms with Crippen LogP contribution in [0.15, 0.2) is 79.3 Å². The number of carbonyl (C=O) groups excluding carboxylic acids is 3. The van der Waals surface area contributed by atoms with Crippen LogP contribution in [-0.4, -0.2) is 37.6 Å². The molecule has 0 atom stereocenters. The second-order valence-electron chi connectivity index (χ2n) is 8.50. The van der Waals surface area contributed by atoms with Crippen LogP contribution in [0.5, 0.6) is 0 Å². The van der Waals surface area contributed by atoms with Gasteiger partial charge in [0.25, 0.3) is 0 Å². The molecule has 4 aromatic rings. The average molecular weight is 469 g/mol. The number of benzene rings is 2. The van der Waals surface area contributed by atoms with Crippen LogP contribution in [0.25, 0.3) is 10.9 Å². The molecule has 1 aliphatic heterocycles. The molecule has 2 aromatic heterocycles. The fourth-order valence-corrected chi connectivity index (χ4v) is 4.34. The molecule has 8 heteroatoms. The van der Waals surface area contributed by atoms with E-state index in [-0.39, 0.29) is 12.0 Å². The average Bonchev–Trinajstić information content (AvgIpc) is 3.32. The predicted molar refractivity (Wildman–Crippen MR) is 128 cm³/mol. The lowest BCUT2D eigenvalue weighted by molar-refractivity contribution is -0.201. The lowest BCUT2D eigenvalue weighted by atomic mass is 9.97. The minimum absolute atomic E-state index is 0.220. The number of hydrogen-bond donors (Lipinski definition) is 0. The Kier molecular flexibility index (Phi) is 5.56. The Bertz CT molecular complexity index is 1460. The van der Waals surface area contributed by atoms with Crippen molar-refractivity contribution in [2.45, 2.75) is 25.7 Å². The molecule has 0 fully saturated rings. The Labute approximate surface area is 201 Å². The summed E-state index contributed by atoms with van der Waals surface area (Å²) in [5, 5.41) is 0.662. The SMILES string of the molecule is Cc1c(CC2(C(=O)c3cn(C)c4ccccc34)OC(=O)C=CC(=O)O2)ncn1Cc1ccccc1. The first-order valence-corrected chi connectivity index (χ1v) is 11.1. The van der Waals surface area contributed by atoms with Crippen molar-refractivity contribution in [2.75, 3.05) is 0 Å². The van der Waals surface area contributed by atoms with Crippen molar-refractivity contribution in [3.63, 3.8) is 0 Å². The van der Waals surface area contributed by atoms with Gasteiger partial charge in [-0.05, 0) is 18.6 Å². The summed E-state index contributed by atoms with van der Waals surface area (Å²) in [6, 6.07) is 17.2. The van der Waals surface area contributed by atoms with E-state index in [1.807, 2.05) is 67.1 Å². The summed E-state index contributed by atoms with van der Waals surface area (Å²) in [6.45, 7) is 2.44. The fraction of sp³-hybridized carbons (Fsp3) is 0.185. The third kappa shape index (κ3) is 4.14. The molecule has 2 aromatic carbocycles. The van der Waals surface area contributed by atoms with E-state index in [0.717, 1.165) is 28.9 Å². The van der Waals surface area contributed by atoms with E-state index in [4.69, 9.17) is 9.47 Å². The third-order valence-corrected chi connectivity index (χ3v) is 6.17. The zero-order chi connectivity index (χ0) is 24.6. The van der Waals surface area contributed by atoms with Gasteiger partial charge in [0.05, 0.1) is 24.0 Å². The highest BCUT2D eigenvalue weighted by molar-refractivity contribution is 6.13. The van der Waals surface area contributed by atoms with Crippen LogP contribution in [0.2, 0.25) is 0 Å². The van der Waals surface area contributed by atoms with Gasteiger partial charge in [0.1, 0.15) is 0 Å². The maximum absolute atomic E-state index is 14.0. The number of fused-ring (bicyclic) bond motifs is 1. The summed E-state index contributed by atoms with van der Waals surface area (Å²) < 4.78 is 14.8. The Morgan fingerprint density at radius 3 is 2.34 bits per heavy atom. The molecule has 176 valence electrons. The van der Waals surface area contributed by atoms with Crippen LogP contribution < -0.4 is 0 Å². The number of aromatic nitrogens is 3. The number of carbonyl (C=O) groups is 3. The number of para-hydroxylation sites is 1. The molecule has 0 amide bonds. The van der Waals surface area contributed by atoms with Crippen molar-refractivity contribution in [1.82, 2.24) is 14.1 Å². The van der Waals surface area contributed by atoms with Gasteiger partial charge in [-0.1, -0.05) is 48.5 Å². The fourth-order valence-electron chi connectivity index (χ4n) is 4.34. The zero-order valence-corrected chi connectivity index (χ0v) is 19.3. The minimum atomic E-state index is -2.20. The van der Waals surface area contributed by atoms with Crippen molar-refractivity contribution >= 4 is 28.6 Å². The number of rotatable bonds is 6. The lowest BCUT2D eigenvalue weighted by Crippen LogP contribution is -2.48. The van der Waals surface area contributed by atoms with E-state index in [2.05, 4.69) is 4.98 Å². The first kappa shape index (κ1) is 22.3. The maximum atomic E-state index is 14.0. The molecule has 0 N–H and O–H groups in total. The number of nitrogens with zero attached hydrogens (tertiary/aromatic N) is 3. The van der Waals surface area contributed by atoms with Gasteiger partial charge in [-0.3, -0.25) is 4.79 Å². The topological polar surface area (TPSA) is 92.4 Å². The first-order valence-electron chi connectivity index (χ1n) is 11.1. The molecule has 0 aliphatic carbocycles. The number of Topliss-reactive ketones (excluding diaryl/α,β-unsaturated/α-hetero) is 1. The molecular formula is C27H23N3O5. The standard InChI is InChI=1S/C27H23N3O5/c1-18-22(28-17-30(18)15-19-8-4-3-5-9-19)14-27(34-24(31)12-13-25(32)35-27)26(33)21-16-29(2)23-11-7-6-10-20(21)23/h3-13,16-17H,14-15H2,1-2H3. The predicted octanol–water partition coefficient (Wildman–Crippen LogP) is 3.51. The van der Waals surface area contributed by atoms with Gasteiger partial charge < -0.3 is 18.6 Å². The number of ketones is 1. The summed E-state index contributed by atoms with van der Waals surface area (Å²) in [7, 11) is 1.81. The number of imidazole rings is 1. The van der Waals surface area contributed by atoms with E-state index < -0.39 is 23.5 Å². The second kappa shape index (κ2) is 8.72. The Balaban J connectivity index is 1.56. The molecule has 0 saturated carbocycles. The molecule has 35 heavy (non-hydrogen) atoms. The van der Waals surface area contributed by atoms with Gasteiger partial charge >= 0.3 is 17.7 Å². The second-order valence-corrected chi connectivity index (χ2v) is 8.50. The molecule has 3 heterocycles. The molecule has 5 rings (SSSR count). The van der Waals surface area contributed by atoms with Crippen LogP contribution in [-0.2, 0) is 39.1 Å². The lowest BCUT2D eigenvalue weighted by Gasteiger charge is -2.29. The highest BCUT2D eigenvalue weighted by atomic mass is 16.7. The Morgan fingerprint density at radius 1 is 0.971 bits per heavy atom. The van der Waals surface area contributed by atoms with E-state index in [1.165, 1.54) is 0 Å². The van der Waals surface area contributed by atoms with Gasteiger partial charge in [0.15, 0.2) is 0 Å². The molecule has 0 unspecified atom stereocenters. The van der Waals surface area contributed by atoms with Crippen molar-refractivity contribution in [1.29, 1.82) is 0 Å². The monoisotopic (exact) mass is 469 g/mol. The highest BCUT2D eigenvalue weighted by Gasteiger charge is 2.49. The molecule has 0 spiro atoms. The molecule has 1 aliphatic rings. The minimum Gasteiger partial charge on any atom is -0.411 e. The quantitative estimate of drug-likeness (QED) is 0.317. The molecule has 0 bridgehead atoms. The van der Waals surface area contributed by atoms with Gasteiger partial charge in [-0.2, -0.15) is 0 Å².